The first kappa shape index (κ1) is 25.7. The lowest BCUT2D eigenvalue weighted by molar-refractivity contribution is 0.612. The van der Waals surface area contributed by atoms with E-state index >= 15 is 0 Å². The maximum absolute atomic E-state index is 2.69. The molecule has 1 aromatic heterocycles. The van der Waals surface area contributed by atoms with Gasteiger partial charge in [0, 0.05) is 16.2 Å². The van der Waals surface area contributed by atoms with E-state index < -0.39 is 5.41 Å². The Balaban J connectivity index is 1.54. The van der Waals surface area contributed by atoms with Crippen molar-refractivity contribution in [3.05, 3.63) is 147 Å². The molecule has 0 saturated heterocycles. The number of fused-ring (bicyclic) bond motifs is 10. The molecule has 3 heterocycles. The molecule has 2 unspecified atom stereocenters. The van der Waals surface area contributed by atoms with Gasteiger partial charge in [-0.1, -0.05) is 124 Å². The Hall–Kier alpha value is -4.62. The molecule has 1 nitrogen and oxygen atoms in total. The van der Waals surface area contributed by atoms with E-state index in [0.717, 1.165) is 6.42 Å². The van der Waals surface area contributed by atoms with Gasteiger partial charge in [-0.25, -0.2) is 0 Å². The van der Waals surface area contributed by atoms with Crippen LogP contribution in [0.3, 0.4) is 0 Å². The number of aromatic nitrogens is 1. The quantitative estimate of drug-likeness (QED) is 0.192. The van der Waals surface area contributed by atoms with Gasteiger partial charge in [0.15, 0.2) is 0 Å². The smallest absolute Gasteiger partial charge is 0.0755 e. The lowest BCUT2D eigenvalue weighted by Crippen LogP contribution is -2.37. The Bertz CT molecular complexity index is 2480. The molecule has 0 N–H and O–H groups in total. The number of aryl methyl sites for hydroxylation is 2. The third-order valence-corrected chi connectivity index (χ3v) is 11.9. The van der Waals surface area contributed by atoms with Crippen LogP contribution in [-0.2, 0) is 10.8 Å². The summed E-state index contributed by atoms with van der Waals surface area (Å²) in [6, 6.07) is 38.2. The lowest BCUT2D eigenvalue weighted by atomic mass is 9.62. The average molecular weight is 580 g/mol. The van der Waals surface area contributed by atoms with Gasteiger partial charge in [0.25, 0.3) is 0 Å². The summed E-state index contributed by atoms with van der Waals surface area (Å²) in [6.45, 7) is 14.3. The van der Waals surface area contributed by atoms with E-state index in [1.54, 1.807) is 0 Å². The molecule has 2 atom stereocenters. The molecular weight excluding hydrogens is 542 g/mol. The molecule has 10 rings (SSSR count). The van der Waals surface area contributed by atoms with Crippen molar-refractivity contribution in [3.8, 4) is 16.8 Å². The summed E-state index contributed by atoms with van der Waals surface area (Å²) in [6.07, 6.45) is 1.12. The van der Waals surface area contributed by atoms with Crippen molar-refractivity contribution in [2.24, 2.45) is 0 Å². The Labute approximate surface area is 265 Å². The molecular formula is C44H37N. The van der Waals surface area contributed by atoms with Crippen LogP contribution in [0, 0.1) is 13.8 Å². The molecule has 7 aromatic rings. The van der Waals surface area contributed by atoms with Crippen LogP contribution in [0.2, 0.25) is 0 Å². The number of hydrogen-bond donors (Lipinski definition) is 0. The van der Waals surface area contributed by atoms with Crippen molar-refractivity contribution in [1.82, 2.24) is 4.57 Å². The molecule has 0 fully saturated rings. The zero-order chi connectivity index (χ0) is 30.6. The minimum atomic E-state index is -0.416. The summed E-state index contributed by atoms with van der Waals surface area (Å²) < 4.78 is 2.69. The van der Waals surface area contributed by atoms with Gasteiger partial charge in [-0.3, -0.25) is 0 Å². The van der Waals surface area contributed by atoms with Crippen LogP contribution in [0.15, 0.2) is 97.1 Å². The van der Waals surface area contributed by atoms with Crippen molar-refractivity contribution in [1.29, 1.82) is 0 Å². The van der Waals surface area contributed by atoms with Gasteiger partial charge < -0.3 is 4.57 Å². The molecule has 2 aliphatic heterocycles. The number of hydrogen-bond acceptors (Lipinski definition) is 0. The minimum absolute atomic E-state index is 0.139. The van der Waals surface area contributed by atoms with Gasteiger partial charge in [0.1, 0.15) is 0 Å². The van der Waals surface area contributed by atoms with Crippen molar-refractivity contribution in [3.63, 3.8) is 0 Å². The zero-order valence-corrected chi connectivity index (χ0v) is 27.0. The highest BCUT2D eigenvalue weighted by Crippen LogP contribution is 2.65. The fourth-order valence-electron chi connectivity index (χ4n) is 9.65. The number of benzene rings is 6. The van der Waals surface area contributed by atoms with E-state index in [9.17, 15) is 0 Å². The first-order valence-electron chi connectivity index (χ1n) is 16.7. The highest BCUT2D eigenvalue weighted by molar-refractivity contribution is 6.16. The SMILES string of the molecule is CCC(C)c1cc2c3c(c1)C1(c4ccccc4-c4c1ccc1ccccc41)c1cc(C)cc4c5cc(C)cc(c5n-3c14)C2(C)C. The number of rotatable bonds is 2. The first-order valence-corrected chi connectivity index (χ1v) is 16.7. The van der Waals surface area contributed by atoms with Crippen LogP contribution in [0.4, 0.5) is 0 Å². The van der Waals surface area contributed by atoms with Gasteiger partial charge in [-0.05, 0) is 99.2 Å². The Morgan fingerprint density at radius 2 is 1.29 bits per heavy atom. The zero-order valence-electron chi connectivity index (χ0n) is 27.0. The highest BCUT2D eigenvalue weighted by Gasteiger charge is 2.54. The Morgan fingerprint density at radius 3 is 2.07 bits per heavy atom. The summed E-state index contributed by atoms with van der Waals surface area (Å²) in [7, 11) is 0. The Morgan fingerprint density at radius 1 is 0.622 bits per heavy atom. The van der Waals surface area contributed by atoms with E-state index in [1.807, 2.05) is 0 Å². The van der Waals surface area contributed by atoms with Crippen LogP contribution in [0.5, 0.6) is 0 Å². The van der Waals surface area contributed by atoms with Gasteiger partial charge in [-0.15, -0.1) is 0 Å². The summed E-state index contributed by atoms with van der Waals surface area (Å²) in [4.78, 5) is 0. The molecule has 0 bridgehead atoms. The van der Waals surface area contributed by atoms with E-state index in [0.29, 0.717) is 5.92 Å². The second kappa shape index (κ2) is 8.15. The summed E-state index contributed by atoms with van der Waals surface area (Å²) in [5.41, 5.74) is 19.2. The third-order valence-electron chi connectivity index (χ3n) is 11.9. The molecule has 1 aliphatic carbocycles. The number of nitrogens with zero attached hydrogens (tertiary/aromatic N) is 1. The van der Waals surface area contributed by atoms with Crippen LogP contribution >= 0.6 is 0 Å². The normalized spacial score (nSPS) is 18.7. The predicted octanol–water partition coefficient (Wildman–Crippen LogP) is 11.4. The molecule has 0 amide bonds. The maximum Gasteiger partial charge on any atom is 0.0755 e. The molecule has 0 saturated carbocycles. The van der Waals surface area contributed by atoms with E-state index in [4.69, 9.17) is 0 Å². The minimum Gasteiger partial charge on any atom is -0.308 e. The standard InChI is InChI=1S/C44H37N/c1-7-26(4)28-22-36-42-38(23-28)44(33-15-11-10-14-30(33)39-29-13-9-8-12-27(29)16-17-34(39)44)37-21-25(3)19-32-31-18-24(2)20-35(43(36,5)6)40(31)45(42)41(32)37/h8-23,26H,7H2,1-6H3. The largest absolute Gasteiger partial charge is 0.308 e. The van der Waals surface area contributed by atoms with Crippen LogP contribution in [0.1, 0.15) is 90.1 Å². The van der Waals surface area contributed by atoms with Crippen molar-refractivity contribution in [2.45, 2.75) is 64.7 Å². The fourth-order valence-corrected chi connectivity index (χ4v) is 9.65. The van der Waals surface area contributed by atoms with Crippen molar-refractivity contribution in [2.75, 3.05) is 0 Å². The predicted molar refractivity (Wildman–Crippen MR) is 189 cm³/mol. The van der Waals surface area contributed by atoms with Crippen LogP contribution in [0.25, 0.3) is 49.4 Å². The second-order valence-electron chi connectivity index (χ2n) is 14.7. The van der Waals surface area contributed by atoms with Gasteiger partial charge in [0.05, 0.1) is 22.1 Å². The third kappa shape index (κ3) is 2.79. The van der Waals surface area contributed by atoms with Gasteiger partial charge >= 0.3 is 0 Å². The summed E-state index contributed by atoms with van der Waals surface area (Å²) in [5, 5.41) is 5.43. The molecule has 1 spiro atoms. The first-order chi connectivity index (χ1) is 21.8. The molecule has 0 radical (unpaired) electrons. The fraction of sp³-hybridized carbons (Fsp3) is 0.227. The van der Waals surface area contributed by atoms with Crippen LogP contribution in [-0.4, -0.2) is 4.57 Å². The molecule has 1 heteroatoms. The van der Waals surface area contributed by atoms with Gasteiger partial charge in [0.2, 0.25) is 0 Å². The van der Waals surface area contributed by atoms with E-state index in [-0.39, 0.29) is 5.41 Å². The van der Waals surface area contributed by atoms with Crippen LogP contribution < -0.4 is 0 Å². The average Bonchev–Trinajstić information content (AvgIpc) is 3.53. The molecule has 3 aliphatic rings. The van der Waals surface area contributed by atoms with E-state index in [2.05, 4.69) is 143 Å². The summed E-state index contributed by atoms with van der Waals surface area (Å²) >= 11 is 0. The Kier molecular flexibility index (Phi) is 4.65. The summed E-state index contributed by atoms with van der Waals surface area (Å²) in [5.74, 6) is 0.467. The van der Waals surface area contributed by atoms with Crippen molar-refractivity contribution < 1.29 is 0 Å². The monoisotopic (exact) mass is 579 g/mol. The van der Waals surface area contributed by atoms with Gasteiger partial charge in [-0.2, -0.15) is 0 Å². The molecule has 45 heavy (non-hydrogen) atoms. The highest BCUT2D eigenvalue weighted by atomic mass is 15.0. The second-order valence-corrected chi connectivity index (χ2v) is 14.7. The van der Waals surface area contributed by atoms with Crippen molar-refractivity contribution >= 4 is 32.6 Å². The lowest BCUT2D eigenvalue weighted by Gasteiger charge is -2.45. The molecule has 218 valence electrons. The molecule has 6 aromatic carbocycles. The topological polar surface area (TPSA) is 4.93 Å². The maximum atomic E-state index is 2.69. The van der Waals surface area contributed by atoms with E-state index in [1.165, 1.54) is 99.5 Å².